The van der Waals surface area contributed by atoms with E-state index < -0.39 is 21.7 Å². The van der Waals surface area contributed by atoms with Gasteiger partial charge in [0, 0.05) is 37.7 Å². The number of piperidine rings is 2. The zero-order valence-electron chi connectivity index (χ0n) is 13.7. The Morgan fingerprint density at radius 2 is 1.68 bits per heavy atom. The molecule has 1 aromatic carbocycles. The van der Waals surface area contributed by atoms with Gasteiger partial charge in [0.05, 0.1) is 4.90 Å². The van der Waals surface area contributed by atoms with E-state index in [-0.39, 0.29) is 29.3 Å². The number of halogens is 2. The lowest BCUT2D eigenvalue weighted by molar-refractivity contribution is -0.141. The largest absolute Gasteiger partial charge is 0.336 e. The first kappa shape index (κ1) is 16.9. The van der Waals surface area contributed by atoms with Gasteiger partial charge >= 0.3 is 0 Å². The first-order valence-electron chi connectivity index (χ1n) is 8.63. The Morgan fingerprint density at radius 1 is 1.00 bits per heavy atom. The summed E-state index contributed by atoms with van der Waals surface area (Å²) in [5, 5.41) is 0. The minimum absolute atomic E-state index is 0.0835. The van der Waals surface area contributed by atoms with Crippen molar-refractivity contribution in [3.8, 4) is 0 Å². The highest BCUT2D eigenvalue weighted by Crippen LogP contribution is 2.39. The van der Waals surface area contributed by atoms with Gasteiger partial charge in [-0.3, -0.25) is 4.79 Å². The van der Waals surface area contributed by atoms with Crippen molar-refractivity contribution in [2.24, 2.45) is 5.92 Å². The van der Waals surface area contributed by atoms with Gasteiger partial charge < -0.3 is 4.90 Å². The molecule has 2 atom stereocenters. The van der Waals surface area contributed by atoms with Gasteiger partial charge in [-0.1, -0.05) is 0 Å². The summed E-state index contributed by atoms with van der Waals surface area (Å²) in [6, 6.07) is 2.77. The van der Waals surface area contributed by atoms with E-state index in [4.69, 9.17) is 0 Å². The number of hydrogen-bond donors (Lipinski definition) is 0. The Labute approximate surface area is 145 Å². The molecule has 2 heterocycles. The molecule has 0 N–H and O–H groups in total. The minimum atomic E-state index is -3.94. The summed E-state index contributed by atoms with van der Waals surface area (Å²) in [5.41, 5.74) is 0. The number of likely N-dealkylation sites (tertiary alicyclic amines) is 1. The average Bonchev–Trinajstić information content (AvgIpc) is 3.38. The average molecular weight is 370 g/mol. The summed E-state index contributed by atoms with van der Waals surface area (Å²) in [6.07, 6.45) is 3.74. The standard InChI is InChI=1S/C17H20F2N2O3S/c18-12-7-13(19)9-15(8-12)25(23,24)20-6-5-16-11(10-20)1-4-17(22)21(16)14-2-3-14/h7-9,11,14,16H,1-6,10H2/t11-,16-/m0/s1. The molecule has 136 valence electrons. The third-order valence-electron chi connectivity index (χ3n) is 5.44. The third-order valence-corrected chi connectivity index (χ3v) is 7.29. The highest BCUT2D eigenvalue weighted by atomic mass is 32.2. The molecule has 1 aromatic rings. The van der Waals surface area contributed by atoms with Crippen molar-refractivity contribution < 1.29 is 22.0 Å². The van der Waals surface area contributed by atoms with Gasteiger partial charge in [-0.25, -0.2) is 17.2 Å². The van der Waals surface area contributed by atoms with Gasteiger partial charge in [0.1, 0.15) is 11.6 Å². The SMILES string of the molecule is O=C1CC[C@H]2CN(S(=O)(=O)c3cc(F)cc(F)c3)CC[C@@H]2N1C1CC1. The van der Waals surface area contributed by atoms with Crippen LogP contribution in [0.25, 0.3) is 0 Å². The molecule has 1 aliphatic carbocycles. The van der Waals surface area contributed by atoms with E-state index in [1.165, 1.54) is 4.31 Å². The molecule has 2 aliphatic heterocycles. The van der Waals surface area contributed by atoms with Crippen LogP contribution in [0.4, 0.5) is 8.78 Å². The molecule has 0 spiro atoms. The Hall–Kier alpha value is -1.54. The van der Waals surface area contributed by atoms with Crippen LogP contribution in [0.2, 0.25) is 0 Å². The Morgan fingerprint density at radius 3 is 2.32 bits per heavy atom. The number of carbonyl (C=O) groups is 1. The molecule has 25 heavy (non-hydrogen) atoms. The summed E-state index contributed by atoms with van der Waals surface area (Å²) >= 11 is 0. The topological polar surface area (TPSA) is 57.7 Å². The van der Waals surface area contributed by atoms with Crippen molar-refractivity contribution in [3.63, 3.8) is 0 Å². The molecule has 3 fully saturated rings. The summed E-state index contributed by atoms with van der Waals surface area (Å²) in [6.45, 7) is 0.555. The number of rotatable bonds is 3. The van der Waals surface area contributed by atoms with Crippen LogP contribution in [0.3, 0.4) is 0 Å². The quantitative estimate of drug-likeness (QED) is 0.819. The zero-order valence-corrected chi connectivity index (χ0v) is 14.5. The lowest BCUT2D eigenvalue weighted by atomic mass is 9.84. The molecule has 0 radical (unpaired) electrons. The Bertz CT molecular complexity index is 790. The van der Waals surface area contributed by atoms with E-state index >= 15 is 0 Å². The second kappa shape index (κ2) is 6.02. The fourth-order valence-electron chi connectivity index (χ4n) is 4.13. The van der Waals surface area contributed by atoms with Crippen LogP contribution in [-0.2, 0) is 14.8 Å². The van der Waals surface area contributed by atoms with Gasteiger partial charge in [0.25, 0.3) is 0 Å². The lowest BCUT2D eigenvalue weighted by Crippen LogP contribution is -2.57. The summed E-state index contributed by atoms with van der Waals surface area (Å²) in [5.74, 6) is -1.55. The number of fused-ring (bicyclic) bond motifs is 1. The Balaban J connectivity index is 1.56. The lowest BCUT2D eigenvalue weighted by Gasteiger charge is -2.46. The highest BCUT2D eigenvalue weighted by molar-refractivity contribution is 7.89. The minimum Gasteiger partial charge on any atom is -0.336 e. The maximum Gasteiger partial charge on any atom is 0.243 e. The number of benzene rings is 1. The van der Waals surface area contributed by atoms with Gasteiger partial charge in [0.2, 0.25) is 15.9 Å². The third kappa shape index (κ3) is 3.06. The van der Waals surface area contributed by atoms with E-state index in [0.29, 0.717) is 37.9 Å². The second-order valence-electron chi connectivity index (χ2n) is 7.16. The maximum atomic E-state index is 13.4. The van der Waals surface area contributed by atoms with Crippen LogP contribution in [0, 0.1) is 17.6 Å². The molecule has 5 nitrogen and oxygen atoms in total. The molecule has 3 aliphatic rings. The predicted octanol–water partition coefficient (Wildman–Crippen LogP) is 2.13. The first-order valence-corrected chi connectivity index (χ1v) is 10.1. The maximum absolute atomic E-state index is 13.4. The fourth-order valence-corrected chi connectivity index (χ4v) is 5.69. The van der Waals surface area contributed by atoms with E-state index in [1.807, 2.05) is 4.90 Å². The van der Waals surface area contributed by atoms with Gasteiger partial charge in [-0.2, -0.15) is 4.31 Å². The van der Waals surface area contributed by atoms with E-state index in [2.05, 4.69) is 0 Å². The van der Waals surface area contributed by atoms with E-state index in [9.17, 15) is 22.0 Å². The fraction of sp³-hybridized carbons (Fsp3) is 0.588. The van der Waals surface area contributed by atoms with Crippen LogP contribution in [0.1, 0.15) is 32.1 Å². The van der Waals surface area contributed by atoms with Crippen molar-refractivity contribution in [2.75, 3.05) is 13.1 Å². The molecule has 2 saturated heterocycles. The molecule has 0 bridgehead atoms. The van der Waals surface area contributed by atoms with E-state index in [0.717, 1.165) is 25.0 Å². The molecule has 0 aromatic heterocycles. The second-order valence-corrected chi connectivity index (χ2v) is 9.09. The molecule has 0 unspecified atom stereocenters. The highest BCUT2D eigenvalue weighted by Gasteiger charge is 2.46. The molecule has 1 saturated carbocycles. The predicted molar refractivity (Wildman–Crippen MR) is 86.1 cm³/mol. The number of sulfonamides is 1. The van der Waals surface area contributed by atoms with Crippen LogP contribution in [-0.4, -0.2) is 48.7 Å². The molecule has 1 amide bonds. The number of nitrogens with zero attached hydrogens (tertiary/aromatic N) is 2. The summed E-state index contributed by atoms with van der Waals surface area (Å²) < 4.78 is 53.7. The van der Waals surface area contributed by atoms with Gasteiger partial charge in [0.15, 0.2) is 0 Å². The van der Waals surface area contributed by atoms with Crippen molar-refractivity contribution in [2.45, 2.75) is 49.1 Å². The number of hydrogen-bond acceptors (Lipinski definition) is 3. The normalized spacial score (nSPS) is 28.1. The molecular formula is C17H20F2N2O3S. The van der Waals surface area contributed by atoms with Crippen LogP contribution in [0.5, 0.6) is 0 Å². The van der Waals surface area contributed by atoms with Crippen LogP contribution < -0.4 is 0 Å². The van der Waals surface area contributed by atoms with Crippen LogP contribution >= 0.6 is 0 Å². The number of amides is 1. The monoisotopic (exact) mass is 370 g/mol. The molecule has 8 heteroatoms. The van der Waals surface area contributed by atoms with E-state index in [1.54, 1.807) is 0 Å². The zero-order chi connectivity index (χ0) is 17.8. The number of carbonyl (C=O) groups excluding carboxylic acids is 1. The molecular weight excluding hydrogens is 350 g/mol. The van der Waals surface area contributed by atoms with Crippen molar-refractivity contribution in [3.05, 3.63) is 29.8 Å². The van der Waals surface area contributed by atoms with Crippen molar-refractivity contribution >= 4 is 15.9 Å². The smallest absolute Gasteiger partial charge is 0.243 e. The van der Waals surface area contributed by atoms with Crippen molar-refractivity contribution in [1.29, 1.82) is 0 Å². The summed E-state index contributed by atoms with van der Waals surface area (Å²) in [7, 11) is -3.94. The van der Waals surface area contributed by atoms with Crippen molar-refractivity contribution in [1.82, 2.24) is 9.21 Å². The van der Waals surface area contributed by atoms with Gasteiger partial charge in [-0.15, -0.1) is 0 Å². The molecule has 4 rings (SSSR count). The Kier molecular flexibility index (Phi) is 4.07. The summed E-state index contributed by atoms with van der Waals surface area (Å²) in [4.78, 5) is 13.8. The van der Waals surface area contributed by atoms with Crippen LogP contribution in [0.15, 0.2) is 23.1 Å². The first-order chi connectivity index (χ1) is 11.9. The van der Waals surface area contributed by atoms with Gasteiger partial charge in [-0.05, 0) is 43.7 Å².